The Kier molecular flexibility index (Phi) is 5.11. The van der Waals surface area contributed by atoms with Crippen LogP contribution in [0.5, 0.6) is 0 Å². The minimum atomic E-state index is -0.481. The number of ether oxygens (including phenoxy) is 1. The minimum absolute atomic E-state index is 0.326. The molecule has 1 saturated heterocycles. The number of fused-ring (bicyclic) bond motifs is 2. The van der Waals surface area contributed by atoms with Crippen LogP contribution in [0.25, 0.3) is 0 Å². The van der Waals surface area contributed by atoms with E-state index in [1.54, 1.807) is 6.20 Å². The fourth-order valence-corrected chi connectivity index (χ4v) is 6.48. The largest absolute Gasteiger partial charge is 0.373 e. The Morgan fingerprint density at radius 3 is 2.43 bits per heavy atom. The standard InChI is InChI=1S/C25H31N3O2/c1-30-25(18-12-13-27-22(14-18)24(26)29)19-8-5-9-20(25)16-28(15-19)23-11-10-21(23)17-6-3-2-4-7-17/h2-4,6-7,12-14,19-21,23H,5,8-11,15-16H2,1H3,(H2,26,29)/t19-,20+,21-,23+,25?/m1/s1. The molecular weight excluding hydrogens is 374 g/mol. The number of nitrogens with zero attached hydrogens (tertiary/aromatic N) is 2. The molecule has 3 fully saturated rings. The zero-order valence-corrected chi connectivity index (χ0v) is 17.7. The molecule has 0 spiro atoms. The van der Waals surface area contributed by atoms with E-state index in [1.165, 1.54) is 24.8 Å². The Hall–Kier alpha value is -2.24. The highest BCUT2D eigenvalue weighted by Gasteiger charge is 2.55. The third-order valence-electron chi connectivity index (χ3n) is 7.96. The van der Waals surface area contributed by atoms with Gasteiger partial charge < -0.3 is 10.5 Å². The van der Waals surface area contributed by atoms with Gasteiger partial charge in [-0.2, -0.15) is 0 Å². The van der Waals surface area contributed by atoms with Crippen molar-refractivity contribution in [2.45, 2.75) is 49.7 Å². The molecule has 1 unspecified atom stereocenters. The zero-order valence-electron chi connectivity index (χ0n) is 17.7. The van der Waals surface area contributed by atoms with E-state index in [0.29, 0.717) is 29.5 Å². The predicted octanol–water partition coefficient (Wildman–Crippen LogP) is 3.70. The first-order valence-corrected chi connectivity index (χ1v) is 11.2. The number of amides is 1. The second-order valence-corrected chi connectivity index (χ2v) is 9.23. The SMILES string of the molecule is COC1(c2ccnc(C(N)=O)c2)[C@@H]2CCC[C@H]1CN([C@H]1CC[C@@H]1c1ccccc1)C2. The number of likely N-dealkylation sites (tertiary alicyclic amines) is 1. The van der Waals surface area contributed by atoms with Gasteiger partial charge in [0, 0.05) is 44.3 Å². The number of carbonyl (C=O) groups excluding carboxylic acids is 1. The first-order valence-electron chi connectivity index (χ1n) is 11.2. The Morgan fingerprint density at radius 1 is 1.10 bits per heavy atom. The number of hydrogen-bond acceptors (Lipinski definition) is 4. The van der Waals surface area contributed by atoms with Crippen LogP contribution in [0.2, 0.25) is 0 Å². The van der Waals surface area contributed by atoms with Gasteiger partial charge in [0.1, 0.15) is 11.3 Å². The smallest absolute Gasteiger partial charge is 0.267 e. The fourth-order valence-electron chi connectivity index (χ4n) is 6.48. The molecule has 2 heterocycles. The number of pyridine rings is 1. The van der Waals surface area contributed by atoms with E-state index in [0.717, 1.165) is 31.5 Å². The Balaban J connectivity index is 1.44. The summed E-state index contributed by atoms with van der Waals surface area (Å²) >= 11 is 0. The zero-order chi connectivity index (χ0) is 20.7. The lowest BCUT2D eigenvalue weighted by atomic mass is 9.61. The van der Waals surface area contributed by atoms with Gasteiger partial charge in [-0.05, 0) is 54.9 Å². The lowest BCUT2D eigenvalue weighted by Gasteiger charge is -2.58. The second kappa shape index (κ2) is 7.78. The first-order chi connectivity index (χ1) is 14.6. The van der Waals surface area contributed by atoms with Gasteiger partial charge in [-0.1, -0.05) is 36.8 Å². The molecule has 1 amide bonds. The van der Waals surface area contributed by atoms with Crippen LogP contribution in [-0.2, 0) is 10.3 Å². The van der Waals surface area contributed by atoms with Crippen molar-refractivity contribution in [3.63, 3.8) is 0 Å². The molecule has 3 aliphatic rings. The van der Waals surface area contributed by atoms with Crippen molar-refractivity contribution in [2.75, 3.05) is 20.2 Å². The van der Waals surface area contributed by atoms with Crippen molar-refractivity contribution < 1.29 is 9.53 Å². The summed E-state index contributed by atoms with van der Waals surface area (Å²) in [4.78, 5) is 18.6. The maximum Gasteiger partial charge on any atom is 0.267 e. The number of primary amides is 1. The van der Waals surface area contributed by atoms with Crippen LogP contribution in [0.1, 0.15) is 59.6 Å². The second-order valence-electron chi connectivity index (χ2n) is 9.23. The van der Waals surface area contributed by atoms with Gasteiger partial charge in [-0.25, -0.2) is 0 Å². The molecule has 1 aliphatic heterocycles. The van der Waals surface area contributed by atoms with Gasteiger partial charge in [0.2, 0.25) is 0 Å². The molecule has 158 valence electrons. The normalized spacial score (nSPS) is 33.6. The molecule has 30 heavy (non-hydrogen) atoms. The Bertz CT molecular complexity index is 902. The Labute approximate surface area is 178 Å². The molecule has 2 N–H and O–H groups in total. The van der Waals surface area contributed by atoms with Gasteiger partial charge in [0.15, 0.2) is 0 Å². The van der Waals surface area contributed by atoms with Crippen molar-refractivity contribution in [2.24, 2.45) is 17.6 Å². The number of piperidine rings is 1. The van der Waals surface area contributed by atoms with E-state index in [-0.39, 0.29) is 5.60 Å². The van der Waals surface area contributed by atoms with E-state index in [9.17, 15) is 4.79 Å². The average Bonchev–Trinajstić information content (AvgIpc) is 2.73. The van der Waals surface area contributed by atoms with Crippen molar-refractivity contribution in [1.29, 1.82) is 0 Å². The van der Waals surface area contributed by atoms with Gasteiger partial charge in [-0.15, -0.1) is 0 Å². The predicted molar refractivity (Wildman–Crippen MR) is 116 cm³/mol. The molecule has 2 aliphatic carbocycles. The van der Waals surface area contributed by atoms with Crippen molar-refractivity contribution in [1.82, 2.24) is 9.88 Å². The van der Waals surface area contributed by atoms with Crippen LogP contribution in [0, 0.1) is 11.8 Å². The van der Waals surface area contributed by atoms with Crippen molar-refractivity contribution >= 4 is 5.91 Å². The van der Waals surface area contributed by atoms with Gasteiger partial charge in [0.05, 0.1) is 0 Å². The summed E-state index contributed by atoms with van der Waals surface area (Å²) in [5, 5.41) is 0. The quantitative estimate of drug-likeness (QED) is 0.824. The topological polar surface area (TPSA) is 68.5 Å². The summed E-state index contributed by atoms with van der Waals surface area (Å²) in [6.07, 6.45) is 7.81. The molecule has 2 saturated carbocycles. The average molecular weight is 406 g/mol. The van der Waals surface area contributed by atoms with Crippen LogP contribution in [0.15, 0.2) is 48.7 Å². The molecule has 1 aromatic heterocycles. The molecule has 5 nitrogen and oxygen atoms in total. The van der Waals surface area contributed by atoms with E-state index in [4.69, 9.17) is 10.5 Å². The highest BCUT2D eigenvalue weighted by atomic mass is 16.5. The molecule has 1 aromatic carbocycles. The van der Waals surface area contributed by atoms with Gasteiger partial charge in [-0.3, -0.25) is 14.7 Å². The van der Waals surface area contributed by atoms with Crippen molar-refractivity contribution in [3.05, 3.63) is 65.5 Å². The van der Waals surface area contributed by atoms with E-state index in [2.05, 4.69) is 40.2 Å². The maximum atomic E-state index is 11.7. The highest BCUT2D eigenvalue weighted by molar-refractivity contribution is 5.90. The number of methoxy groups -OCH3 is 1. The number of aromatic nitrogens is 1. The summed E-state index contributed by atoms with van der Waals surface area (Å²) in [5.74, 6) is 0.987. The number of rotatable bonds is 5. The number of benzene rings is 1. The van der Waals surface area contributed by atoms with Gasteiger partial charge in [0.25, 0.3) is 5.91 Å². The molecule has 5 rings (SSSR count). The van der Waals surface area contributed by atoms with Crippen LogP contribution in [0.4, 0.5) is 0 Å². The van der Waals surface area contributed by atoms with Crippen LogP contribution in [-0.4, -0.2) is 42.0 Å². The lowest BCUT2D eigenvalue weighted by molar-refractivity contribution is -0.179. The number of nitrogens with two attached hydrogens (primary N) is 1. The molecule has 2 aromatic rings. The number of hydrogen-bond donors (Lipinski definition) is 1. The first kappa shape index (κ1) is 19.7. The maximum absolute atomic E-state index is 11.7. The monoisotopic (exact) mass is 405 g/mol. The van der Waals surface area contributed by atoms with Crippen molar-refractivity contribution in [3.8, 4) is 0 Å². The summed E-state index contributed by atoms with van der Waals surface area (Å²) in [6.45, 7) is 2.10. The van der Waals surface area contributed by atoms with Crippen LogP contribution >= 0.6 is 0 Å². The summed E-state index contributed by atoms with van der Waals surface area (Å²) in [6, 6.07) is 15.5. The molecule has 5 heteroatoms. The lowest BCUT2D eigenvalue weighted by Crippen LogP contribution is -2.62. The third kappa shape index (κ3) is 3.07. The minimum Gasteiger partial charge on any atom is -0.373 e. The summed E-state index contributed by atoms with van der Waals surface area (Å²) < 4.78 is 6.35. The van der Waals surface area contributed by atoms with Crippen LogP contribution in [0.3, 0.4) is 0 Å². The van der Waals surface area contributed by atoms with E-state index >= 15 is 0 Å². The van der Waals surface area contributed by atoms with Gasteiger partial charge >= 0.3 is 0 Å². The molecule has 2 bridgehead atoms. The fraction of sp³-hybridized carbons (Fsp3) is 0.520. The summed E-state index contributed by atoms with van der Waals surface area (Å²) in [5.41, 5.74) is 8.03. The third-order valence-corrected chi connectivity index (χ3v) is 7.96. The molecule has 5 atom stereocenters. The summed E-state index contributed by atoms with van der Waals surface area (Å²) in [7, 11) is 1.83. The van der Waals surface area contributed by atoms with E-state index < -0.39 is 5.91 Å². The molecular formula is C25H31N3O2. The number of carbonyl (C=O) groups is 1. The Morgan fingerprint density at radius 2 is 1.83 bits per heavy atom. The molecule has 0 radical (unpaired) electrons. The van der Waals surface area contributed by atoms with Crippen LogP contribution < -0.4 is 5.73 Å². The van der Waals surface area contributed by atoms with E-state index in [1.807, 2.05) is 19.2 Å². The highest BCUT2D eigenvalue weighted by Crippen LogP contribution is 2.53.